The molecule has 0 heterocycles. The Morgan fingerprint density at radius 3 is 2.54 bits per heavy atom. The Labute approximate surface area is 78.7 Å². The van der Waals surface area contributed by atoms with E-state index in [0.717, 1.165) is 6.08 Å². The van der Waals surface area contributed by atoms with E-state index in [1.165, 1.54) is 6.92 Å². The lowest BCUT2D eigenvalue weighted by molar-refractivity contribution is -0.136. The summed E-state index contributed by atoms with van der Waals surface area (Å²) in [5.41, 5.74) is 2.28. The predicted molar refractivity (Wildman–Crippen MR) is 49.2 cm³/mol. The molecule has 72 valence electrons. The van der Waals surface area contributed by atoms with E-state index in [1.54, 1.807) is 6.92 Å². The second kappa shape index (κ2) is 6.22. The quantitative estimate of drug-likeness (QED) is 0.380. The molecular weight excluding hydrogens is 188 g/mol. The van der Waals surface area contributed by atoms with Crippen LogP contribution in [0.3, 0.4) is 0 Å². The third-order valence-electron chi connectivity index (χ3n) is 1.10. The molecule has 1 unspecified atom stereocenters. The Morgan fingerprint density at radius 2 is 2.15 bits per heavy atom. The third kappa shape index (κ3) is 5.90. The van der Waals surface area contributed by atoms with Crippen molar-refractivity contribution in [3.8, 4) is 0 Å². The van der Waals surface area contributed by atoms with Gasteiger partial charge in [0.25, 0.3) is 5.97 Å². The summed E-state index contributed by atoms with van der Waals surface area (Å²) in [6.07, 6.45) is 1.07. The van der Waals surface area contributed by atoms with Crippen LogP contribution in [0.5, 0.6) is 0 Å². The molecule has 0 radical (unpaired) electrons. The number of carbonyl (C=O) groups is 2. The van der Waals surface area contributed by atoms with Crippen molar-refractivity contribution in [1.29, 1.82) is 0 Å². The zero-order valence-corrected chi connectivity index (χ0v) is 8.86. The van der Waals surface area contributed by atoms with Crippen molar-refractivity contribution in [2.75, 3.05) is 0 Å². The topological polar surface area (TPSA) is 52.6 Å². The molecule has 5 heteroatoms. The highest BCUT2D eigenvalue weighted by atomic mass is 28.3. The zero-order valence-electron chi connectivity index (χ0n) is 7.70. The first kappa shape index (κ1) is 11.7. The van der Waals surface area contributed by atoms with E-state index < -0.39 is 21.2 Å². The maximum absolute atomic E-state index is 10.9. The molecule has 0 saturated carbocycles. The molecule has 0 aromatic rings. The summed E-state index contributed by atoms with van der Waals surface area (Å²) in [5, 5.41) is 0. The molecule has 0 rings (SSSR count). The van der Waals surface area contributed by atoms with E-state index in [0.29, 0.717) is 6.04 Å². The molecule has 0 aliphatic rings. The minimum Gasteiger partial charge on any atom is -0.487 e. The summed E-state index contributed by atoms with van der Waals surface area (Å²) in [6, 6.07) is 0.552. The van der Waals surface area contributed by atoms with Crippen LogP contribution in [0.25, 0.3) is 0 Å². The van der Waals surface area contributed by atoms with Gasteiger partial charge in [0.1, 0.15) is 0 Å². The van der Waals surface area contributed by atoms with Crippen LogP contribution in [-0.2, 0) is 18.4 Å². The third-order valence-corrected chi connectivity index (χ3v) is 2.85. The van der Waals surface area contributed by atoms with Gasteiger partial charge in [-0.1, -0.05) is 13.5 Å². The fraction of sp³-hybridized carbons (Fsp3) is 0.375. The van der Waals surface area contributed by atoms with Gasteiger partial charge in [-0.05, 0) is 0 Å². The van der Waals surface area contributed by atoms with Crippen LogP contribution in [0.4, 0.5) is 0 Å². The van der Waals surface area contributed by atoms with Gasteiger partial charge >= 0.3 is 15.3 Å². The first-order valence-corrected chi connectivity index (χ1v) is 5.59. The van der Waals surface area contributed by atoms with Gasteiger partial charge in [0.05, 0.1) is 6.08 Å². The van der Waals surface area contributed by atoms with Crippen molar-refractivity contribution < 1.29 is 18.4 Å². The predicted octanol–water partition coefficient (Wildman–Crippen LogP) is 0.674. The summed E-state index contributed by atoms with van der Waals surface area (Å²) >= 11 is 0. The molecule has 0 bridgehead atoms. The smallest absolute Gasteiger partial charge is 0.448 e. The van der Waals surface area contributed by atoms with Gasteiger partial charge in [-0.2, -0.15) is 0 Å². The van der Waals surface area contributed by atoms with Crippen molar-refractivity contribution in [2.45, 2.75) is 19.9 Å². The zero-order chi connectivity index (χ0) is 10.3. The van der Waals surface area contributed by atoms with Crippen molar-refractivity contribution in [1.82, 2.24) is 0 Å². The molecule has 1 atom stereocenters. The fourth-order valence-corrected chi connectivity index (χ4v) is 1.70. The molecule has 0 aliphatic carbocycles. The van der Waals surface area contributed by atoms with Crippen LogP contribution in [0, 0.1) is 0 Å². The largest absolute Gasteiger partial charge is 0.487 e. The van der Waals surface area contributed by atoms with Crippen molar-refractivity contribution in [3.63, 3.8) is 0 Å². The van der Waals surface area contributed by atoms with Gasteiger partial charge in [0.15, 0.2) is 0 Å². The minimum atomic E-state index is -2.16. The van der Waals surface area contributed by atoms with E-state index >= 15 is 0 Å². The average molecular weight is 200 g/mol. The average Bonchev–Trinajstić information content (AvgIpc) is 2.02. The summed E-state index contributed by atoms with van der Waals surface area (Å²) < 4.78 is 9.65. The van der Waals surface area contributed by atoms with Gasteiger partial charge in [-0.25, -0.2) is 4.79 Å². The lowest BCUT2D eigenvalue weighted by atomic mass is 10.6. The lowest BCUT2D eigenvalue weighted by Gasteiger charge is -2.11. The number of hydrogen-bond acceptors (Lipinski definition) is 4. The first-order chi connectivity index (χ1) is 6.10. The number of hydrogen-bond donors (Lipinski definition) is 0. The molecule has 0 aromatic heterocycles. The Hall–Kier alpha value is -1.32. The summed E-state index contributed by atoms with van der Waals surface area (Å²) in [5.74, 6) is -0.983. The Morgan fingerprint density at radius 1 is 1.54 bits per heavy atom. The van der Waals surface area contributed by atoms with Gasteiger partial charge < -0.3 is 8.85 Å². The maximum atomic E-state index is 10.9. The SMILES string of the molecule is C=C=CC(=O)O[SiH](CC)OC(C)=O. The van der Waals surface area contributed by atoms with Crippen LogP contribution in [-0.4, -0.2) is 21.2 Å². The second-order valence-electron chi connectivity index (χ2n) is 2.23. The minimum absolute atomic E-state index is 0.422. The van der Waals surface area contributed by atoms with Gasteiger partial charge in [-0.3, -0.25) is 4.79 Å². The normalized spacial score (nSPS) is 10.9. The Kier molecular flexibility index (Phi) is 5.59. The van der Waals surface area contributed by atoms with E-state index in [-0.39, 0.29) is 0 Å². The molecule has 0 aliphatic heterocycles. The number of carbonyl (C=O) groups excluding carboxylic acids is 2. The maximum Gasteiger partial charge on any atom is 0.448 e. The second-order valence-corrected chi connectivity index (χ2v) is 4.38. The standard InChI is InChI=1S/C8H12O4Si/c1-4-6-8(10)12-13(5-2)11-7(3)9/h6,13H,1,5H2,2-3H3. The van der Waals surface area contributed by atoms with E-state index in [9.17, 15) is 9.59 Å². The molecular formula is C8H12O4Si. The van der Waals surface area contributed by atoms with Crippen LogP contribution in [0.2, 0.25) is 6.04 Å². The van der Waals surface area contributed by atoms with E-state index in [1.807, 2.05) is 0 Å². The van der Waals surface area contributed by atoms with Crippen LogP contribution >= 0.6 is 0 Å². The Bertz CT molecular complexity index is 243. The van der Waals surface area contributed by atoms with Crippen molar-refractivity contribution >= 4 is 21.2 Å². The van der Waals surface area contributed by atoms with E-state index in [2.05, 4.69) is 12.3 Å². The molecule has 0 fully saturated rings. The van der Waals surface area contributed by atoms with Crippen LogP contribution in [0.15, 0.2) is 18.4 Å². The first-order valence-electron chi connectivity index (χ1n) is 3.83. The molecule has 0 N–H and O–H groups in total. The summed E-state index contributed by atoms with van der Waals surface area (Å²) in [6.45, 7) is 6.30. The lowest BCUT2D eigenvalue weighted by Crippen LogP contribution is -2.26. The van der Waals surface area contributed by atoms with Crippen molar-refractivity contribution in [2.24, 2.45) is 0 Å². The van der Waals surface area contributed by atoms with E-state index in [4.69, 9.17) is 8.85 Å². The van der Waals surface area contributed by atoms with Crippen LogP contribution in [0.1, 0.15) is 13.8 Å². The molecule has 0 aromatic carbocycles. The highest BCUT2D eigenvalue weighted by Gasteiger charge is 2.17. The van der Waals surface area contributed by atoms with Gasteiger partial charge in [-0.15, -0.1) is 5.73 Å². The monoisotopic (exact) mass is 200 g/mol. The number of rotatable bonds is 4. The summed E-state index contributed by atoms with van der Waals surface area (Å²) in [4.78, 5) is 21.4. The highest BCUT2D eigenvalue weighted by molar-refractivity contribution is 6.49. The Balaban J connectivity index is 4.04. The molecule has 4 nitrogen and oxygen atoms in total. The highest BCUT2D eigenvalue weighted by Crippen LogP contribution is 1.97. The molecule has 13 heavy (non-hydrogen) atoms. The van der Waals surface area contributed by atoms with Crippen molar-refractivity contribution in [3.05, 3.63) is 18.4 Å². The van der Waals surface area contributed by atoms with Gasteiger partial charge in [0, 0.05) is 13.0 Å². The van der Waals surface area contributed by atoms with Gasteiger partial charge in [0.2, 0.25) is 0 Å². The molecule has 0 saturated heterocycles. The molecule has 0 spiro atoms. The molecule has 0 amide bonds. The summed E-state index contributed by atoms with van der Waals surface area (Å²) in [7, 11) is -2.16. The fourth-order valence-electron chi connectivity index (χ4n) is 0.623. The van der Waals surface area contributed by atoms with Crippen LogP contribution < -0.4 is 0 Å².